The zero-order valence-electron chi connectivity index (χ0n) is 11.0. The van der Waals surface area contributed by atoms with Gasteiger partial charge in [0, 0.05) is 22.3 Å². The van der Waals surface area contributed by atoms with Gasteiger partial charge in [0.2, 0.25) is 0 Å². The minimum absolute atomic E-state index is 0.0995. The summed E-state index contributed by atoms with van der Waals surface area (Å²) in [7, 11) is -0.783. The van der Waals surface area contributed by atoms with E-state index < -0.39 is 10.8 Å². The van der Waals surface area contributed by atoms with Crippen molar-refractivity contribution in [2.45, 2.75) is 32.9 Å². The molecule has 0 heterocycles. The highest BCUT2D eigenvalue weighted by Crippen LogP contribution is 2.19. The Balaban J connectivity index is 2.45. The largest absolute Gasteiger partial charge is 0.330 e. The van der Waals surface area contributed by atoms with E-state index in [4.69, 9.17) is 5.73 Å². The van der Waals surface area contributed by atoms with E-state index in [-0.39, 0.29) is 5.41 Å². The summed E-state index contributed by atoms with van der Waals surface area (Å²) < 4.78 is 12.0. The van der Waals surface area contributed by atoms with E-state index in [9.17, 15) is 4.21 Å². The Morgan fingerprint density at radius 1 is 1.35 bits per heavy atom. The highest BCUT2D eigenvalue weighted by Gasteiger charge is 2.16. The first-order valence-corrected chi connectivity index (χ1v) is 7.52. The molecule has 1 aromatic rings. The van der Waals surface area contributed by atoms with Crippen LogP contribution in [0.5, 0.6) is 0 Å². The number of aryl methyl sites for hydroxylation is 1. The van der Waals surface area contributed by atoms with Crippen molar-refractivity contribution in [1.29, 1.82) is 0 Å². The Kier molecular flexibility index (Phi) is 5.34. The average Bonchev–Trinajstić information content (AvgIpc) is 2.27. The molecule has 3 heteroatoms. The monoisotopic (exact) mass is 253 g/mol. The van der Waals surface area contributed by atoms with E-state index >= 15 is 0 Å². The van der Waals surface area contributed by atoms with Gasteiger partial charge in [0.05, 0.1) is 0 Å². The maximum atomic E-state index is 12.0. The maximum absolute atomic E-state index is 12.0. The van der Waals surface area contributed by atoms with Crippen molar-refractivity contribution in [3.05, 3.63) is 35.4 Å². The molecule has 1 rings (SSSR count). The van der Waals surface area contributed by atoms with Gasteiger partial charge in [-0.25, -0.2) is 0 Å². The topological polar surface area (TPSA) is 43.1 Å². The third-order valence-corrected chi connectivity index (χ3v) is 4.28. The van der Waals surface area contributed by atoms with Crippen LogP contribution in [0.25, 0.3) is 0 Å². The number of rotatable bonds is 6. The van der Waals surface area contributed by atoms with Gasteiger partial charge in [0.1, 0.15) is 0 Å². The quantitative estimate of drug-likeness (QED) is 0.847. The summed E-state index contributed by atoms with van der Waals surface area (Å²) in [6.07, 6.45) is 0.919. The van der Waals surface area contributed by atoms with Crippen molar-refractivity contribution in [2.24, 2.45) is 11.1 Å². The van der Waals surface area contributed by atoms with Crippen LogP contribution >= 0.6 is 0 Å². The normalized spacial score (nSPS) is 13.6. The van der Waals surface area contributed by atoms with Crippen LogP contribution in [0.2, 0.25) is 0 Å². The van der Waals surface area contributed by atoms with Crippen LogP contribution in [0, 0.1) is 12.3 Å². The molecule has 0 aliphatic rings. The molecule has 0 aliphatic carbocycles. The number of benzene rings is 1. The molecular formula is C14H23NOS. The van der Waals surface area contributed by atoms with Crippen molar-refractivity contribution < 1.29 is 4.21 Å². The second kappa shape index (κ2) is 6.31. The van der Waals surface area contributed by atoms with E-state index in [2.05, 4.69) is 32.9 Å². The van der Waals surface area contributed by atoms with Crippen LogP contribution < -0.4 is 5.73 Å². The molecule has 1 aromatic carbocycles. The molecule has 1 unspecified atom stereocenters. The molecule has 0 saturated carbocycles. The molecule has 2 N–H and O–H groups in total. The number of hydrogen-bond acceptors (Lipinski definition) is 2. The summed E-state index contributed by atoms with van der Waals surface area (Å²) >= 11 is 0. The lowest BCUT2D eigenvalue weighted by atomic mass is 9.91. The minimum Gasteiger partial charge on any atom is -0.330 e. The Morgan fingerprint density at radius 2 is 2.06 bits per heavy atom. The van der Waals surface area contributed by atoms with Gasteiger partial charge in [-0.2, -0.15) is 0 Å². The van der Waals surface area contributed by atoms with E-state index in [0.29, 0.717) is 12.3 Å². The fraction of sp³-hybridized carbons (Fsp3) is 0.571. The summed E-state index contributed by atoms with van der Waals surface area (Å²) in [4.78, 5) is 0. The summed E-state index contributed by atoms with van der Waals surface area (Å²) in [5, 5.41) is 0. The van der Waals surface area contributed by atoms with Gasteiger partial charge < -0.3 is 5.73 Å². The Bertz CT molecular complexity index is 388. The van der Waals surface area contributed by atoms with Crippen LogP contribution in [-0.2, 0) is 16.6 Å². The second-order valence-electron chi connectivity index (χ2n) is 5.40. The first-order chi connectivity index (χ1) is 7.93. The molecule has 17 heavy (non-hydrogen) atoms. The van der Waals surface area contributed by atoms with Crippen molar-refractivity contribution in [1.82, 2.24) is 0 Å². The highest BCUT2D eigenvalue weighted by atomic mass is 32.2. The molecule has 0 saturated heterocycles. The predicted octanol–water partition coefficient (Wildman–Crippen LogP) is 2.62. The van der Waals surface area contributed by atoms with Crippen LogP contribution in [-0.4, -0.2) is 16.5 Å². The lowest BCUT2D eigenvalue weighted by Gasteiger charge is -2.21. The molecule has 0 aromatic heterocycles. The van der Waals surface area contributed by atoms with Gasteiger partial charge >= 0.3 is 0 Å². The molecular weight excluding hydrogens is 230 g/mol. The second-order valence-corrected chi connectivity index (χ2v) is 6.97. The Hall–Kier alpha value is -0.670. The lowest BCUT2D eigenvalue weighted by molar-refractivity contribution is 0.367. The standard InChI is InChI=1S/C14H23NOS/c1-12-5-4-6-13(9-12)10-17(16)8-7-14(2,3)11-15/h4-6,9H,7-8,10-11,15H2,1-3H3. The highest BCUT2D eigenvalue weighted by molar-refractivity contribution is 7.84. The predicted molar refractivity (Wildman–Crippen MR) is 75.3 cm³/mol. The summed E-state index contributed by atoms with van der Waals surface area (Å²) in [6.45, 7) is 6.95. The molecule has 2 nitrogen and oxygen atoms in total. The van der Waals surface area contributed by atoms with E-state index in [1.807, 2.05) is 12.1 Å². The summed E-state index contributed by atoms with van der Waals surface area (Å²) in [5.74, 6) is 1.39. The smallest absolute Gasteiger partial charge is 0.0485 e. The van der Waals surface area contributed by atoms with Crippen molar-refractivity contribution >= 4 is 10.8 Å². The van der Waals surface area contributed by atoms with Gasteiger partial charge in [-0.05, 0) is 30.9 Å². The molecule has 0 spiro atoms. The minimum atomic E-state index is -0.783. The fourth-order valence-electron chi connectivity index (χ4n) is 1.55. The van der Waals surface area contributed by atoms with E-state index in [0.717, 1.165) is 17.7 Å². The summed E-state index contributed by atoms with van der Waals surface area (Å²) in [6, 6.07) is 8.22. The molecule has 0 aliphatic heterocycles. The SMILES string of the molecule is Cc1cccc(CS(=O)CCC(C)(C)CN)c1. The first-order valence-electron chi connectivity index (χ1n) is 6.03. The maximum Gasteiger partial charge on any atom is 0.0485 e. The van der Waals surface area contributed by atoms with Crippen LogP contribution in [0.4, 0.5) is 0 Å². The Morgan fingerprint density at radius 3 is 2.65 bits per heavy atom. The summed E-state index contributed by atoms with van der Waals surface area (Å²) in [5.41, 5.74) is 8.15. The molecule has 1 atom stereocenters. The average molecular weight is 253 g/mol. The molecule has 0 amide bonds. The lowest BCUT2D eigenvalue weighted by Crippen LogP contribution is -2.25. The van der Waals surface area contributed by atoms with Gasteiger partial charge in [-0.1, -0.05) is 43.7 Å². The van der Waals surface area contributed by atoms with E-state index in [1.165, 1.54) is 5.56 Å². The molecule has 0 fully saturated rings. The number of nitrogens with two attached hydrogens (primary N) is 1. The van der Waals surface area contributed by atoms with Gasteiger partial charge in [0.25, 0.3) is 0 Å². The Labute approximate surface area is 107 Å². The zero-order valence-corrected chi connectivity index (χ0v) is 11.8. The van der Waals surface area contributed by atoms with E-state index in [1.54, 1.807) is 0 Å². The van der Waals surface area contributed by atoms with Crippen molar-refractivity contribution in [3.63, 3.8) is 0 Å². The van der Waals surface area contributed by atoms with Crippen molar-refractivity contribution in [2.75, 3.05) is 12.3 Å². The van der Waals surface area contributed by atoms with Gasteiger partial charge in [-0.3, -0.25) is 4.21 Å². The van der Waals surface area contributed by atoms with Gasteiger partial charge in [0.15, 0.2) is 0 Å². The molecule has 96 valence electrons. The molecule has 0 radical (unpaired) electrons. The van der Waals surface area contributed by atoms with Crippen LogP contribution in [0.3, 0.4) is 0 Å². The van der Waals surface area contributed by atoms with Crippen LogP contribution in [0.1, 0.15) is 31.4 Å². The third kappa shape index (κ3) is 5.46. The fourth-order valence-corrected chi connectivity index (χ4v) is 3.03. The van der Waals surface area contributed by atoms with Crippen molar-refractivity contribution in [3.8, 4) is 0 Å². The zero-order chi connectivity index (χ0) is 12.9. The van der Waals surface area contributed by atoms with Gasteiger partial charge in [-0.15, -0.1) is 0 Å². The first kappa shape index (κ1) is 14.4. The van der Waals surface area contributed by atoms with Crippen LogP contribution in [0.15, 0.2) is 24.3 Å². The number of hydrogen-bond donors (Lipinski definition) is 1. The molecule has 0 bridgehead atoms. The third-order valence-electron chi connectivity index (χ3n) is 2.97.